The third-order valence-corrected chi connectivity index (χ3v) is 3.78. The summed E-state index contributed by atoms with van der Waals surface area (Å²) in [6, 6.07) is 14.8. The fraction of sp³-hybridized carbons (Fsp3) is 0.235. The maximum atomic E-state index is 11.8. The van der Waals surface area contributed by atoms with E-state index in [1.807, 2.05) is 24.3 Å². The van der Waals surface area contributed by atoms with Gasteiger partial charge in [0.2, 0.25) is 0 Å². The molecule has 0 spiro atoms. The number of halogens is 1. The van der Waals surface area contributed by atoms with Crippen molar-refractivity contribution in [2.75, 3.05) is 19.8 Å². The molecular weight excluding hydrogens is 302 g/mol. The molecule has 0 saturated carbocycles. The molecule has 1 aliphatic rings. The topological polar surface area (TPSA) is 47.6 Å². The van der Waals surface area contributed by atoms with E-state index in [2.05, 4.69) is 5.32 Å². The van der Waals surface area contributed by atoms with E-state index < -0.39 is 0 Å². The lowest BCUT2D eigenvalue weighted by Crippen LogP contribution is -2.32. The molecule has 1 atom stereocenters. The largest absolute Gasteiger partial charge is 0.493 e. The van der Waals surface area contributed by atoms with Crippen LogP contribution in [-0.4, -0.2) is 25.7 Å². The fourth-order valence-electron chi connectivity index (χ4n) is 2.37. The van der Waals surface area contributed by atoms with Crippen molar-refractivity contribution in [1.82, 2.24) is 5.32 Å². The average molecular weight is 318 g/mol. The second-order valence-electron chi connectivity index (χ2n) is 5.09. The van der Waals surface area contributed by atoms with Gasteiger partial charge in [-0.2, -0.15) is 0 Å². The smallest absolute Gasteiger partial charge is 0.257 e. The van der Waals surface area contributed by atoms with Crippen LogP contribution >= 0.6 is 11.6 Å². The van der Waals surface area contributed by atoms with Crippen LogP contribution in [0.25, 0.3) is 0 Å². The minimum Gasteiger partial charge on any atom is -0.493 e. The van der Waals surface area contributed by atoms with Gasteiger partial charge in [0.1, 0.15) is 11.5 Å². The molecule has 0 saturated heterocycles. The van der Waals surface area contributed by atoms with Gasteiger partial charge in [0.05, 0.1) is 6.61 Å². The molecule has 1 N–H and O–H groups in total. The second-order valence-corrected chi connectivity index (χ2v) is 5.53. The van der Waals surface area contributed by atoms with Gasteiger partial charge in [-0.05, 0) is 30.3 Å². The Kier molecular flexibility index (Phi) is 4.49. The molecule has 1 amide bonds. The Labute approximate surface area is 134 Å². The number of hydrogen-bond donors (Lipinski definition) is 1. The van der Waals surface area contributed by atoms with Crippen LogP contribution in [0.4, 0.5) is 0 Å². The van der Waals surface area contributed by atoms with E-state index in [9.17, 15) is 4.79 Å². The minimum absolute atomic E-state index is 0.0170. The Morgan fingerprint density at radius 3 is 2.82 bits per heavy atom. The quantitative estimate of drug-likeness (QED) is 0.922. The van der Waals surface area contributed by atoms with E-state index >= 15 is 0 Å². The van der Waals surface area contributed by atoms with E-state index in [0.29, 0.717) is 23.9 Å². The van der Waals surface area contributed by atoms with Gasteiger partial charge in [0, 0.05) is 23.0 Å². The number of hydrogen-bond acceptors (Lipinski definition) is 3. The predicted octanol–water partition coefficient (Wildman–Crippen LogP) is 3.01. The first kappa shape index (κ1) is 14.7. The van der Waals surface area contributed by atoms with Gasteiger partial charge in [-0.1, -0.05) is 29.8 Å². The summed E-state index contributed by atoms with van der Waals surface area (Å²) in [5.74, 6) is 1.56. The van der Waals surface area contributed by atoms with E-state index in [4.69, 9.17) is 21.1 Å². The number of benzene rings is 2. The third-order valence-electron chi connectivity index (χ3n) is 3.53. The van der Waals surface area contributed by atoms with Gasteiger partial charge < -0.3 is 14.8 Å². The number of para-hydroxylation sites is 1. The number of ether oxygens (including phenoxy) is 2. The summed E-state index contributed by atoms with van der Waals surface area (Å²) in [7, 11) is 0. The summed E-state index contributed by atoms with van der Waals surface area (Å²) < 4.78 is 11.0. The Morgan fingerprint density at radius 1 is 1.23 bits per heavy atom. The molecule has 2 aromatic rings. The van der Waals surface area contributed by atoms with E-state index in [-0.39, 0.29) is 18.4 Å². The lowest BCUT2D eigenvalue weighted by atomic mass is 10.0. The van der Waals surface area contributed by atoms with Crippen molar-refractivity contribution < 1.29 is 14.3 Å². The standard InChI is InChI=1S/C17H16ClNO3/c18-13-5-7-14(8-6-13)21-11-17(20)19-9-12-10-22-16-4-2-1-3-15(12)16/h1-8,12H,9-11H2,(H,19,20)/t12-/m0/s1. The summed E-state index contributed by atoms with van der Waals surface area (Å²) in [5, 5.41) is 3.51. The van der Waals surface area contributed by atoms with Gasteiger partial charge in [-0.25, -0.2) is 0 Å². The number of rotatable bonds is 5. The van der Waals surface area contributed by atoms with E-state index in [1.54, 1.807) is 24.3 Å². The van der Waals surface area contributed by atoms with Crippen LogP contribution in [0.1, 0.15) is 11.5 Å². The second kappa shape index (κ2) is 6.71. The first-order chi connectivity index (χ1) is 10.7. The van der Waals surface area contributed by atoms with Crippen LogP contribution in [0.3, 0.4) is 0 Å². The van der Waals surface area contributed by atoms with Crippen molar-refractivity contribution in [3.8, 4) is 11.5 Å². The molecule has 0 aromatic heterocycles. The Balaban J connectivity index is 1.46. The fourth-order valence-corrected chi connectivity index (χ4v) is 2.49. The summed E-state index contributed by atoms with van der Waals surface area (Å²) in [6.45, 7) is 1.12. The zero-order valence-corrected chi connectivity index (χ0v) is 12.7. The average Bonchev–Trinajstić information content (AvgIpc) is 2.96. The highest BCUT2D eigenvalue weighted by atomic mass is 35.5. The SMILES string of the molecule is O=C(COc1ccc(Cl)cc1)NC[C@H]1COc2ccccc21. The summed E-state index contributed by atoms with van der Waals surface area (Å²) in [6.07, 6.45) is 0. The van der Waals surface area contributed by atoms with Crippen molar-refractivity contribution in [2.24, 2.45) is 0 Å². The van der Waals surface area contributed by atoms with Crippen LogP contribution in [-0.2, 0) is 4.79 Å². The lowest BCUT2D eigenvalue weighted by Gasteiger charge is -2.11. The molecule has 0 unspecified atom stereocenters. The monoisotopic (exact) mass is 317 g/mol. The van der Waals surface area contributed by atoms with Gasteiger partial charge in [0.15, 0.2) is 6.61 Å². The van der Waals surface area contributed by atoms with Crippen molar-refractivity contribution >= 4 is 17.5 Å². The van der Waals surface area contributed by atoms with Crippen molar-refractivity contribution in [3.63, 3.8) is 0 Å². The van der Waals surface area contributed by atoms with Crippen LogP contribution < -0.4 is 14.8 Å². The molecule has 1 heterocycles. The molecule has 2 aromatic carbocycles. The number of carbonyl (C=O) groups is 1. The molecule has 114 valence electrons. The number of fused-ring (bicyclic) bond motifs is 1. The normalized spacial score (nSPS) is 15.8. The Morgan fingerprint density at radius 2 is 2.00 bits per heavy atom. The summed E-state index contributed by atoms with van der Waals surface area (Å²) >= 11 is 5.79. The Bertz CT molecular complexity index is 657. The van der Waals surface area contributed by atoms with Crippen molar-refractivity contribution in [1.29, 1.82) is 0 Å². The maximum absolute atomic E-state index is 11.8. The molecule has 22 heavy (non-hydrogen) atoms. The summed E-state index contributed by atoms with van der Waals surface area (Å²) in [4.78, 5) is 11.8. The molecule has 0 radical (unpaired) electrons. The van der Waals surface area contributed by atoms with Crippen LogP contribution in [0, 0.1) is 0 Å². The highest BCUT2D eigenvalue weighted by Gasteiger charge is 2.23. The van der Waals surface area contributed by atoms with Gasteiger partial charge in [-0.15, -0.1) is 0 Å². The molecule has 4 nitrogen and oxygen atoms in total. The predicted molar refractivity (Wildman–Crippen MR) is 84.6 cm³/mol. The summed E-state index contributed by atoms with van der Waals surface area (Å²) in [5.41, 5.74) is 1.14. The van der Waals surface area contributed by atoms with Crippen molar-refractivity contribution in [2.45, 2.75) is 5.92 Å². The molecular formula is C17H16ClNO3. The molecule has 0 aliphatic carbocycles. The Hall–Kier alpha value is -2.20. The van der Waals surface area contributed by atoms with Gasteiger partial charge >= 0.3 is 0 Å². The first-order valence-corrected chi connectivity index (χ1v) is 7.47. The minimum atomic E-state index is -0.153. The van der Waals surface area contributed by atoms with Gasteiger partial charge in [0.25, 0.3) is 5.91 Å². The highest BCUT2D eigenvalue weighted by molar-refractivity contribution is 6.30. The third kappa shape index (κ3) is 3.52. The highest BCUT2D eigenvalue weighted by Crippen LogP contribution is 2.32. The lowest BCUT2D eigenvalue weighted by molar-refractivity contribution is -0.123. The molecule has 1 aliphatic heterocycles. The number of carbonyl (C=O) groups excluding carboxylic acids is 1. The van der Waals surface area contributed by atoms with Gasteiger partial charge in [-0.3, -0.25) is 4.79 Å². The van der Waals surface area contributed by atoms with Crippen LogP contribution in [0.2, 0.25) is 5.02 Å². The van der Waals surface area contributed by atoms with Crippen LogP contribution in [0.5, 0.6) is 11.5 Å². The number of nitrogens with one attached hydrogen (secondary N) is 1. The zero-order chi connectivity index (χ0) is 15.4. The molecule has 5 heteroatoms. The van der Waals surface area contributed by atoms with Crippen LogP contribution in [0.15, 0.2) is 48.5 Å². The number of amides is 1. The van der Waals surface area contributed by atoms with E-state index in [1.165, 1.54) is 0 Å². The maximum Gasteiger partial charge on any atom is 0.257 e. The van der Waals surface area contributed by atoms with E-state index in [0.717, 1.165) is 11.3 Å². The molecule has 0 bridgehead atoms. The molecule has 0 fully saturated rings. The zero-order valence-electron chi connectivity index (χ0n) is 11.9. The first-order valence-electron chi connectivity index (χ1n) is 7.09. The molecule has 3 rings (SSSR count). The van der Waals surface area contributed by atoms with Crippen molar-refractivity contribution in [3.05, 3.63) is 59.1 Å².